The lowest BCUT2D eigenvalue weighted by molar-refractivity contribution is -0.118. The Labute approximate surface area is 134 Å². The molecule has 0 aliphatic carbocycles. The molecule has 0 saturated heterocycles. The highest BCUT2D eigenvalue weighted by molar-refractivity contribution is 6.30. The number of anilines is 1. The van der Waals surface area contributed by atoms with Gasteiger partial charge in [-0.1, -0.05) is 11.6 Å². The molecule has 0 aliphatic heterocycles. The first-order valence-corrected chi connectivity index (χ1v) is 7.52. The molecule has 0 aromatic carbocycles. The van der Waals surface area contributed by atoms with Gasteiger partial charge in [-0.2, -0.15) is 5.10 Å². The van der Waals surface area contributed by atoms with Gasteiger partial charge in [0.1, 0.15) is 5.82 Å². The summed E-state index contributed by atoms with van der Waals surface area (Å²) in [6.45, 7) is 5.89. The van der Waals surface area contributed by atoms with Gasteiger partial charge in [-0.15, -0.1) is 0 Å². The summed E-state index contributed by atoms with van der Waals surface area (Å²) in [6.07, 6.45) is 5.15. The van der Waals surface area contributed by atoms with Gasteiger partial charge >= 0.3 is 0 Å². The average Bonchev–Trinajstić information content (AvgIpc) is 3.02. The van der Waals surface area contributed by atoms with Gasteiger partial charge in [-0.05, 0) is 39.0 Å². The number of halogens is 1. The van der Waals surface area contributed by atoms with Crippen molar-refractivity contribution in [1.29, 1.82) is 0 Å². The van der Waals surface area contributed by atoms with Crippen LogP contribution in [0.3, 0.4) is 0 Å². The number of carbonyl (C=O) groups is 1. The normalized spacial score (nSPS) is 15.1. The average molecular weight is 322 g/mol. The molecule has 2 aromatic rings. The zero-order valence-corrected chi connectivity index (χ0v) is 13.6. The molecule has 2 rings (SSSR count). The predicted molar refractivity (Wildman–Crippen MR) is 86.9 cm³/mol. The van der Waals surface area contributed by atoms with Crippen LogP contribution >= 0.6 is 11.6 Å². The van der Waals surface area contributed by atoms with Gasteiger partial charge in [-0.25, -0.2) is 4.98 Å². The minimum absolute atomic E-state index is 0.0822. The molecular weight excluding hydrogens is 302 g/mol. The van der Waals surface area contributed by atoms with E-state index in [1.54, 1.807) is 18.3 Å². The minimum Gasteiger partial charge on any atom is -0.309 e. The Balaban J connectivity index is 1.89. The Bertz CT molecular complexity index is 599. The second-order valence-corrected chi connectivity index (χ2v) is 5.69. The van der Waals surface area contributed by atoms with E-state index in [0.29, 0.717) is 10.8 Å². The van der Waals surface area contributed by atoms with Crippen molar-refractivity contribution in [3.8, 4) is 0 Å². The lowest BCUT2D eigenvalue weighted by Crippen LogP contribution is -2.45. The standard InChI is InChI=1S/C15H20ClN5O/c1-10(12(3)21-8-4-7-18-21)19-11(2)15(22)20-14-6-5-13(16)9-17-14/h4-12,19H,1-3H3,(H,17,20,22)/t10-,11+,12+/m1/s1. The van der Waals surface area contributed by atoms with Crippen molar-refractivity contribution < 1.29 is 4.79 Å². The Morgan fingerprint density at radius 1 is 1.32 bits per heavy atom. The molecule has 6 nitrogen and oxygen atoms in total. The molecule has 118 valence electrons. The molecule has 0 spiro atoms. The second-order valence-electron chi connectivity index (χ2n) is 5.25. The summed E-state index contributed by atoms with van der Waals surface area (Å²) in [4.78, 5) is 16.2. The first-order chi connectivity index (χ1) is 10.5. The summed E-state index contributed by atoms with van der Waals surface area (Å²) in [5, 5.41) is 10.8. The monoisotopic (exact) mass is 321 g/mol. The lowest BCUT2D eigenvalue weighted by atomic mass is 10.1. The van der Waals surface area contributed by atoms with Gasteiger partial charge < -0.3 is 10.6 Å². The van der Waals surface area contributed by atoms with Gasteiger partial charge in [0.15, 0.2) is 0 Å². The van der Waals surface area contributed by atoms with Crippen LogP contribution in [0.25, 0.3) is 0 Å². The number of rotatable bonds is 6. The molecule has 0 saturated carbocycles. The van der Waals surface area contributed by atoms with Crippen LogP contribution in [0.1, 0.15) is 26.8 Å². The largest absolute Gasteiger partial charge is 0.309 e. The van der Waals surface area contributed by atoms with Gasteiger partial charge in [0.05, 0.1) is 17.1 Å². The van der Waals surface area contributed by atoms with E-state index in [1.807, 2.05) is 30.8 Å². The fourth-order valence-corrected chi connectivity index (χ4v) is 2.16. The van der Waals surface area contributed by atoms with Gasteiger partial charge in [-0.3, -0.25) is 9.48 Å². The first kappa shape index (κ1) is 16.5. The molecule has 3 atom stereocenters. The zero-order chi connectivity index (χ0) is 16.1. The van der Waals surface area contributed by atoms with Crippen molar-refractivity contribution in [2.75, 3.05) is 5.32 Å². The first-order valence-electron chi connectivity index (χ1n) is 7.15. The highest BCUT2D eigenvalue weighted by Gasteiger charge is 2.20. The SMILES string of the molecule is C[C@H](N[C@H](C)[C@H](C)n1cccn1)C(=O)Nc1ccc(Cl)cn1. The maximum absolute atomic E-state index is 12.2. The summed E-state index contributed by atoms with van der Waals surface area (Å²) >= 11 is 5.77. The van der Waals surface area contributed by atoms with Crippen molar-refractivity contribution in [1.82, 2.24) is 20.1 Å². The summed E-state index contributed by atoms with van der Waals surface area (Å²) in [5.74, 6) is 0.338. The van der Waals surface area contributed by atoms with Crippen LogP contribution in [0.5, 0.6) is 0 Å². The molecule has 2 heterocycles. The molecule has 0 aliphatic rings. The van der Waals surface area contributed by atoms with Gasteiger partial charge in [0.25, 0.3) is 0 Å². The van der Waals surface area contributed by atoms with Crippen molar-refractivity contribution in [2.24, 2.45) is 0 Å². The molecule has 2 aromatic heterocycles. The van der Waals surface area contributed by atoms with E-state index >= 15 is 0 Å². The highest BCUT2D eigenvalue weighted by atomic mass is 35.5. The minimum atomic E-state index is -0.356. The quantitative estimate of drug-likeness (QED) is 0.857. The van der Waals surface area contributed by atoms with Crippen LogP contribution in [0.2, 0.25) is 5.02 Å². The van der Waals surface area contributed by atoms with Crippen LogP contribution < -0.4 is 10.6 Å². The van der Waals surface area contributed by atoms with Gasteiger partial charge in [0, 0.05) is 24.6 Å². The summed E-state index contributed by atoms with van der Waals surface area (Å²) < 4.78 is 1.86. The molecule has 0 fully saturated rings. The lowest BCUT2D eigenvalue weighted by Gasteiger charge is -2.25. The van der Waals surface area contributed by atoms with Crippen LogP contribution in [0, 0.1) is 0 Å². The molecule has 7 heteroatoms. The van der Waals surface area contributed by atoms with E-state index in [2.05, 4.69) is 27.6 Å². The van der Waals surface area contributed by atoms with E-state index < -0.39 is 0 Å². The van der Waals surface area contributed by atoms with Gasteiger partial charge in [0.2, 0.25) is 5.91 Å². The fourth-order valence-electron chi connectivity index (χ4n) is 2.04. The number of carbonyl (C=O) groups excluding carboxylic acids is 1. The smallest absolute Gasteiger partial charge is 0.242 e. The van der Waals surface area contributed by atoms with E-state index in [4.69, 9.17) is 11.6 Å². The third-order valence-electron chi connectivity index (χ3n) is 3.55. The fraction of sp³-hybridized carbons (Fsp3) is 0.400. The Morgan fingerprint density at radius 3 is 2.68 bits per heavy atom. The van der Waals surface area contributed by atoms with Crippen LogP contribution in [0.15, 0.2) is 36.8 Å². The van der Waals surface area contributed by atoms with Crippen LogP contribution in [-0.2, 0) is 4.79 Å². The van der Waals surface area contributed by atoms with E-state index in [0.717, 1.165) is 0 Å². The number of nitrogens with one attached hydrogen (secondary N) is 2. The molecule has 22 heavy (non-hydrogen) atoms. The van der Waals surface area contributed by atoms with Crippen molar-refractivity contribution in [3.05, 3.63) is 41.8 Å². The third kappa shape index (κ3) is 4.29. The molecule has 0 bridgehead atoms. The van der Waals surface area contributed by atoms with E-state index in [9.17, 15) is 4.79 Å². The third-order valence-corrected chi connectivity index (χ3v) is 3.77. The van der Waals surface area contributed by atoms with E-state index in [1.165, 1.54) is 6.20 Å². The molecule has 1 amide bonds. The number of nitrogens with zero attached hydrogens (tertiary/aromatic N) is 3. The number of hydrogen-bond acceptors (Lipinski definition) is 4. The predicted octanol–water partition coefficient (Wildman–Crippen LogP) is 2.50. The molecule has 2 N–H and O–H groups in total. The number of hydrogen-bond donors (Lipinski definition) is 2. The Morgan fingerprint density at radius 2 is 2.09 bits per heavy atom. The Kier molecular flexibility index (Phi) is 5.51. The number of aromatic nitrogens is 3. The van der Waals surface area contributed by atoms with Crippen molar-refractivity contribution in [2.45, 2.75) is 38.9 Å². The van der Waals surface area contributed by atoms with Crippen LogP contribution in [0.4, 0.5) is 5.82 Å². The zero-order valence-electron chi connectivity index (χ0n) is 12.8. The summed E-state index contributed by atoms with van der Waals surface area (Å²) in [7, 11) is 0. The maximum atomic E-state index is 12.2. The molecular formula is C15H20ClN5O. The molecule has 0 radical (unpaired) electrons. The van der Waals surface area contributed by atoms with E-state index in [-0.39, 0.29) is 24.0 Å². The topological polar surface area (TPSA) is 71.8 Å². The van der Waals surface area contributed by atoms with Crippen molar-refractivity contribution in [3.63, 3.8) is 0 Å². The maximum Gasteiger partial charge on any atom is 0.242 e. The van der Waals surface area contributed by atoms with Crippen molar-refractivity contribution >= 4 is 23.3 Å². The summed E-state index contributed by atoms with van der Waals surface area (Å²) in [6, 6.07) is 5.10. The summed E-state index contributed by atoms with van der Waals surface area (Å²) in [5.41, 5.74) is 0. The number of pyridine rings is 1. The second kappa shape index (κ2) is 7.38. The Hall–Kier alpha value is -1.92. The highest BCUT2D eigenvalue weighted by Crippen LogP contribution is 2.11. The number of amides is 1. The molecule has 0 unspecified atom stereocenters. The van der Waals surface area contributed by atoms with Crippen LogP contribution in [-0.4, -0.2) is 32.8 Å².